The maximum Gasteiger partial charge on any atom is 0.326 e. The lowest BCUT2D eigenvalue weighted by molar-refractivity contribution is -0.144. The Labute approximate surface area is 156 Å². The Morgan fingerprint density at radius 3 is 2.96 bits per heavy atom. The number of thiophene rings is 2. The Hall–Kier alpha value is -2.78. The molecule has 0 N–H and O–H groups in total. The Balaban J connectivity index is 1.51. The van der Waals surface area contributed by atoms with Gasteiger partial charge in [-0.05, 0) is 17.5 Å². The molecule has 4 rings (SSSR count). The number of nitrogens with zero attached hydrogens (tertiary/aromatic N) is 4. The van der Waals surface area contributed by atoms with Crippen molar-refractivity contribution in [2.45, 2.75) is 13.1 Å². The number of rotatable bonds is 6. The van der Waals surface area contributed by atoms with E-state index in [0.29, 0.717) is 16.8 Å². The Kier molecular flexibility index (Phi) is 4.63. The van der Waals surface area contributed by atoms with Gasteiger partial charge in [-0.1, -0.05) is 6.07 Å². The molecule has 0 bridgehead atoms. The van der Waals surface area contributed by atoms with Crippen LogP contribution in [0.25, 0.3) is 20.7 Å². The molecule has 7 nitrogen and oxygen atoms in total. The molecule has 26 heavy (non-hydrogen) atoms. The van der Waals surface area contributed by atoms with Gasteiger partial charge in [-0.15, -0.1) is 22.7 Å². The summed E-state index contributed by atoms with van der Waals surface area (Å²) in [7, 11) is 0. The molecule has 9 heteroatoms. The first kappa shape index (κ1) is 16.7. The summed E-state index contributed by atoms with van der Waals surface area (Å²) in [6.07, 6.45) is 4.85. The fourth-order valence-electron chi connectivity index (χ4n) is 2.56. The first-order chi connectivity index (χ1) is 12.7. The van der Waals surface area contributed by atoms with Crippen LogP contribution in [-0.2, 0) is 22.6 Å². The van der Waals surface area contributed by atoms with Crippen LogP contribution in [0.4, 0.5) is 0 Å². The number of carbonyl (C=O) groups is 1. The first-order valence-electron chi connectivity index (χ1n) is 7.86. The number of aromatic nitrogens is 4. The minimum Gasteiger partial charge on any atom is -0.462 e. The maximum absolute atomic E-state index is 12.8. The van der Waals surface area contributed by atoms with E-state index in [1.54, 1.807) is 34.5 Å². The molecule has 0 aliphatic heterocycles. The highest BCUT2D eigenvalue weighted by Crippen LogP contribution is 2.33. The molecule has 0 aromatic carbocycles. The summed E-state index contributed by atoms with van der Waals surface area (Å²) in [4.78, 5) is 30.8. The van der Waals surface area contributed by atoms with E-state index in [4.69, 9.17) is 4.74 Å². The van der Waals surface area contributed by atoms with E-state index >= 15 is 0 Å². The summed E-state index contributed by atoms with van der Waals surface area (Å²) < 4.78 is 8.15. The van der Waals surface area contributed by atoms with Gasteiger partial charge in [0.05, 0.1) is 18.3 Å². The van der Waals surface area contributed by atoms with Gasteiger partial charge in [0, 0.05) is 28.2 Å². The first-order valence-corrected chi connectivity index (χ1v) is 9.62. The van der Waals surface area contributed by atoms with Gasteiger partial charge in [-0.25, -0.2) is 4.98 Å². The van der Waals surface area contributed by atoms with Gasteiger partial charge in [-0.3, -0.25) is 18.8 Å². The van der Waals surface area contributed by atoms with Crippen LogP contribution in [0.3, 0.4) is 0 Å². The molecule has 4 heterocycles. The second kappa shape index (κ2) is 7.22. The van der Waals surface area contributed by atoms with Gasteiger partial charge in [0.25, 0.3) is 5.56 Å². The van der Waals surface area contributed by atoms with Crippen molar-refractivity contribution in [2.24, 2.45) is 0 Å². The summed E-state index contributed by atoms with van der Waals surface area (Å²) in [6.45, 7) is 0.502. The fraction of sp³-hybridized carbons (Fsp3) is 0.176. The predicted molar refractivity (Wildman–Crippen MR) is 100 cm³/mol. The van der Waals surface area contributed by atoms with Crippen LogP contribution in [0.5, 0.6) is 0 Å². The number of esters is 1. The van der Waals surface area contributed by atoms with Crippen molar-refractivity contribution in [3.05, 3.63) is 58.0 Å². The molecule has 0 amide bonds. The molecule has 132 valence electrons. The van der Waals surface area contributed by atoms with E-state index < -0.39 is 5.97 Å². The quantitative estimate of drug-likeness (QED) is 0.476. The van der Waals surface area contributed by atoms with Crippen molar-refractivity contribution < 1.29 is 9.53 Å². The molecular formula is C17H14N4O3S2. The molecular weight excluding hydrogens is 372 g/mol. The molecule has 0 radical (unpaired) electrons. The minimum atomic E-state index is -0.478. The third-order valence-electron chi connectivity index (χ3n) is 3.79. The number of hydrogen-bond donors (Lipinski definition) is 0. The van der Waals surface area contributed by atoms with E-state index in [2.05, 4.69) is 10.1 Å². The zero-order chi connectivity index (χ0) is 17.9. The van der Waals surface area contributed by atoms with Gasteiger partial charge in [0.2, 0.25) is 0 Å². The van der Waals surface area contributed by atoms with Gasteiger partial charge in [-0.2, -0.15) is 5.10 Å². The van der Waals surface area contributed by atoms with E-state index in [1.807, 2.05) is 22.9 Å². The standard InChI is InChI=1S/C17H14N4O3S2/c22-14(24-7-6-21-5-2-4-19-21)9-20-11-18-16-15(17(20)23)12(10-26-16)13-3-1-8-25-13/h1-5,8,10-11H,6-7,9H2. The van der Waals surface area contributed by atoms with Crippen LogP contribution in [-0.4, -0.2) is 31.9 Å². The van der Waals surface area contributed by atoms with Crippen LogP contribution in [0.1, 0.15) is 0 Å². The largest absolute Gasteiger partial charge is 0.462 e. The average molecular weight is 386 g/mol. The summed E-state index contributed by atoms with van der Waals surface area (Å²) in [5.41, 5.74) is 0.627. The number of carbonyl (C=O) groups excluding carboxylic acids is 1. The van der Waals surface area contributed by atoms with Gasteiger partial charge in [0.15, 0.2) is 0 Å². The van der Waals surface area contributed by atoms with Crippen molar-refractivity contribution in [3.63, 3.8) is 0 Å². The van der Waals surface area contributed by atoms with E-state index in [9.17, 15) is 9.59 Å². The van der Waals surface area contributed by atoms with E-state index in [1.165, 1.54) is 22.2 Å². The molecule has 0 saturated heterocycles. The lowest BCUT2D eigenvalue weighted by Crippen LogP contribution is -2.26. The molecule has 0 spiro atoms. The predicted octanol–water partition coefficient (Wildman–Crippen LogP) is 2.63. The molecule has 4 aromatic rings. The fourth-order valence-corrected chi connectivity index (χ4v) is 4.28. The molecule has 0 aliphatic carbocycles. The smallest absolute Gasteiger partial charge is 0.326 e. The van der Waals surface area contributed by atoms with Crippen molar-refractivity contribution in [2.75, 3.05) is 6.61 Å². The molecule has 0 aliphatic rings. The van der Waals surface area contributed by atoms with Crippen molar-refractivity contribution in [3.8, 4) is 10.4 Å². The Morgan fingerprint density at radius 2 is 2.19 bits per heavy atom. The Bertz CT molecular complexity index is 1080. The SMILES string of the molecule is O=C(Cn1cnc2scc(-c3cccs3)c2c1=O)OCCn1cccn1. The van der Waals surface area contributed by atoms with Crippen molar-refractivity contribution >= 4 is 38.9 Å². The number of ether oxygens (including phenoxy) is 1. The third-order valence-corrected chi connectivity index (χ3v) is 5.58. The van der Waals surface area contributed by atoms with Gasteiger partial charge < -0.3 is 4.74 Å². The maximum atomic E-state index is 12.8. The topological polar surface area (TPSA) is 79.0 Å². The van der Waals surface area contributed by atoms with Gasteiger partial charge >= 0.3 is 5.97 Å². The zero-order valence-corrected chi connectivity index (χ0v) is 15.2. The summed E-state index contributed by atoms with van der Waals surface area (Å²) >= 11 is 2.99. The van der Waals surface area contributed by atoms with Crippen LogP contribution < -0.4 is 5.56 Å². The molecule has 0 saturated carbocycles. The Morgan fingerprint density at radius 1 is 1.27 bits per heavy atom. The highest BCUT2D eigenvalue weighted by molar-refractivity contribution is 7.18. The van der Waals surface area contributed by atoms with E-state index in [0.717, 1.165) is 10.4 Å². The van der Waals surface area contributed by atoms with Crippen LogP contribution in [0.2, 0.25) is 0 Å². The molecule has 0 atom stereocenters. The van der Waals surface area contributed by atoms with Crippen LogP contribution >= 0.6 is 22.7 Å². The summed E-state index contributed by atoms with van der Waals surface area (Å²) in [6, 6.07) is 5.70. The van der Waals surface area contributed by atoms with Crippen LogP contribution in [0, 0.1) is 0 Å². The minimum absolute atomic E-state index is 0.166. The monoisotopic (exact) mass is 386 g/mol. The van der Waals surface area contributed by atoms with E-state index in [-0.39, 0.29) is 18.7 Å². The molecule has 0 unspecified atom stereocenters. The number of hydrogen-bond acceptors (Lipinski definition) is 7. The molecule has 4 aromatic heterocycles. The lowest BCUT2D eigenvalue weighted by atomic mass is 10.2. The third kappa shape index (κ3) is 3.31. The lowest BCUT2D eigenvalue weighted by Gasteiger charge is -2.07. The average Bonchev–Trinajstić information content (AvgIpc) is 3.38. The highest BCUT2D eigenvalue weighted by Gasteiger charge is 2.15. The second-order valence-corrected chi connectivity index (χ2v) is 7.28. The van der Waals surface area contributed by atoms with Crippen LogP contribution in [0.15, 0.2) is 52.5 Å². The zero-order valence-electron chi connectivity index (χ0n) is 13.6. The second-order valence-electron chi connectivity index (χ2n) is 5.47. The molecule has 0 fully saturated rings. The van der Waals surface area contributed by atoms with Crippen molar-refractivity contribution in [1.29, 1.82) is 0 Å². The van der Waals surface area contributed by atoms with Crippen molar-refractivity contribution in [1.82, 2.24) is 19.3 Å². The highest BCUT2D eigenvalue weighted by atomic mass is 32.1. The number of fused-ring (bicyclic) bond motifs is 1. The summed E-state index contributed by atoms with van der Waals surface area (Å²) in [5, 5.41) is 8.47. The normalized spacial score (nSPS) is 11.1. The summed E-state index contributed by atoms with van der Waals surface area (Å²) in [5.74, 6) is -0.478. The van der Waals surface area contributed by atoms with Gasteiger partial charge in [0.1, 0.15) is 18.0 Å².